The highest BCUT2D eigenvalue weighted by Crippen LogP contribution is 2.21. The molecule has 2 fully saturated rings. The number of anilines is 2. The molecule has 2 aliphatic heterocycles. The Balaban J connectivity index is 1.09. The monoisotopic (exact) mass is 444 g/mol. The third-order valence-electron chi connectivity index (χ3n) is 6.63. The van der Waals surface area contributed by atoms with Gasteiger partial charge in [0, 0.05) is 57.2 Å². The highest BCUT2D eigenvalue weighted by atomic mass is 16.5. The lowest BCUT2D eigenvalue weighted by molar-refractivity contribution is -0.117. The van der Waals surface area contributed by atoms with Crippen LogP contribution in [0.2, 0.25) is 0 Å². The Hall–Kier alpha value is -2.93. The van der Waals surface area contributed by atoms with Crippen LogP contribution in [0.1, 0.15) is 5.56 Å². The summed E-state index contributed by atoms with van der Waals surface area (Å²) in [5.41, 5.74) is 3.41. The largest absolute Gasteiger partial charge is 0.378 e. The normalized spacial score (nSPS) is 17.9. The average Bonchev–Trinajstić information content (AvgIpc) is 2.86. The SMILES string of the molecule is O=C(CN1CCN(Cc2cccc3ccccc23)CC1)Nc1ccc(N2CCOCC2)cc1. The molecule has 0 atom stereocenters. The summed E-state index contributed by atoms with van der Waals surface area (Å²) in [5, 5.41) is 5.68. The van der Waals surface area contributed by atoms with E-state index in [4.69, 9.17) is 4.74 Å². The third-order valence-corrected chi connectivity index (χ3v) is 6.63. The van der Waals surface area contributed by atoms with Crippen LogP contribution in [-0.4, -0.2) is 74.7 Å². The summed E-state index contributed by atoms with van der Waals surface area (Å²) in [7, 11) is 0. The van der Waals surface area contributed by atoms with Crippen molar-refractivity contribution in [1.82, 2.24) is 9.80 Å². The Bertz CT molecular complexity index is 1070. The number of rotatable bonds is 6. The molecular formula is C27H32N4O2. The molecule has 3 aromatic carbocycles. The van der Waals surface area contributed by atoms with Gasteiger partial charge in [0.2, 0.25) is 5.91 Å². The molecule has 3 aromatic rings. The van der Waals surface area contributed by atoms with Crippen LogP contribution in [0.25, 0.3) is 10.8 Å². The molecule has 172 valence electrons. The number of ether oxygens (including phenoxy) is 1. The van der Waals surface area contributed by atoms with E-state index in [0.29, 0.717) is 6.54 Å². The first kappa shape index (κ1) is 21.9. The van der Waals surface area contributed by atoms with Gasteiger partial charge >= 0.3 is 0 Å². The fraction of sp³-hybridized carbons (Fsp3) is 0.370. The number of piperazine rings is 1. The van der Waals surface area contributed by atoms with E-state index >= 15 is 0 Å². The molecule has 0 radical (unpaired) electrons. The molecule has 33 heavy (non-hydrogen) atoms. The van der Waals surface area contributed by atoms with Crippen molar-refractivity contribution in [3.63, 3.8) is 0 Å². The van der Waals surface area contributed by atoms with Gasteiger partial charge in [-0.1, -0.05) is 42.5 Å². The summed E-state index contributed by atoms with van der Waals surface area (Å²) >= 11 is 0. The molecule has 0 spiro atoms. The van der Waals surface area contributed by atoms with Crippen molar-refractivity contribution in [2.24, 2.45) is 0 Å². The van der Waals surface area contributed by atoms with Crippen LogP contribution in [0, 0.1) is 0 Å². The Morgan fingerprint density at radius 1 is 0.788 bits per heavy atom. The number of benzene rings is 3. The summed E-state index contributed by atoms with van der Waals surface area (Å²) in [6.45, 7) is 8.54. The second kappa shape index (κ2) is 10.3. The van der Waals surface area contributed by atoms with Crippen molar-refractivity contribution >= 4 is 28.1 Å². The summed E-state index contributed by atoms with van der Waals surface area (Å²) < 4.78 is 5.42. The number of nitrogens with one attached hydrogen (secondary N) is 1. The molecule has 1 amide bonds. The van der Waals surface area contributed by atoms with Crippen LogP contribution in [0.5, 0.6) is 0 Å². The van der Waals surface area contributed by atoms with Gasteiger partial charge in [-0.15, -0.1) is 0 Å². The van der Waals surface area contributed by atoms with Gasteiger partial charge < -0.3 is 15.0 Å². The number of carbonyl (C=O) groups excluding carboxylic acids is 1. The maximum absolute atomic E-state index is 12.6. The molecule has 0 unspecified atom stereocenters. The van der Waals surface area contributed by atoms with Crippen molar-refractivity contribution in [2.45, 2.75) is 6.54 Å². The Labute approximate surface area is 195 Å². The predicted octanol–water partition coefficient (Wildman–Crippen LogP) is 3.43. The molecular weight excluding hydrogens is 412 g/mol. The van der Waals surface area contributed by atoms with E-state index < -0.39 is 0 Å². The van der Waals surface area contributed by atoms with Crippen LogP contribution in [0.15, 0.2) is 66.7 Å². The molecule has 2 saturated heterocycles. The average molecular weight is 445 g/mol. The second-order valence-electron chi connectivity index (χ2n) is 8.89. The van der Waals surface area contributed by atoms with Gasteiger partial charge in [0.15, 0.2) is 0 Å². The van der Waals surface area contributed by atoms with Gasteiger partial charge in [0.05, 0.1) is 19.8 Å². The second-order valence-corrected chi connectivity index (χ2v) is 8.89. The van der Waals surface area contributed by atoms with Gasteiger partial charge in [0.1, 0.15) is 0 Å². The lowest BCUT2D eigenvalue weighted by atomic mass is 10.0. The van der Waals surface area contributed by atoms with Crippen LogP contribution >= 0.6 is 0 Å². The Morgan fingerprint density at radius 3 is 2.27 bits per heavy atom. The van der Waals surface area contributed by atoms with Gasteiger partial charge in [0.25, 0.3) is 0 Å². The maximum atomic E-state index is 12.6. The van der Waals surface area contributed by atoms with Crippen molar-refractivity contribution in [3.05, 3.63) is 72.3 Å². The van der Waals surface area contributed by atoms with E-state index in [1.54, 1.807) is 0 Å². The number of amides is 1. The predicted molar refractivity (Wildman–Crippen MR) is 134 cm³/mol. The van der Waals surface area contributed by atoms with Crippen LogP contribution in [0.3, 0.4) is 0 Å². The van der Waals surface area contributed by atoms with E-state index in [1.807, 2.05) is 12.1 Å². The minimum absolute atomic E-state index is 0.0524. The van der Waals surface area contributed by atoms with Crippen molar-refractivity contribution in [2.75, 3.05) is 69.2 Å². The first-order valence-electron chi connectivity index (χ1n) is 11.9. The topological polar surface area (TPSA) is 48.1 Å². The highest BCUT2D eigenvalue weighted by molar-refractivity contribution is 5.92. The number of carbonyl (C=O) groups is 1. The molecule has 6 nitrogen and oxygen atoms in total. The molecule has 0 aromatic heterocycles. The molecule has 2 aliphatic rings. The van der Waals surface area contributed by atoms with E-state index in [-0.39, 0.29) is 5.91 Å². The summed E-state index contributed by atoms with van der Waals surface area (Å²) in [6.07, 6.45) is 0. The van der Waals surface area contributed by atoms with Gasteiger partial charge in [-0.3, -0.25) is 14.6 Å². The first-order valence-corrected chi connectivity index (χ1v) is 11.9. The van der Waals surface area contributed by atoms with Crippen LogP contribution in [-0.2, 0) is 16.1 Å². The fourth-order valence-corrected chi connectivity index (χ4v) is 4.76. The van der Waals surface area contributed by atoms with Gasteiger partial charge in [-0.2, -0.15) is 0 Å². The van der Waals surface area contributed by atoms with Crippen molar-refractivity contribution in [3.8, 4) is 0 Å². The molecule has 6 heteroatoms. The number of hydrogen-bond acceptors (Lipinski definition) is 5. The van der Waals surface area contributed by atoms with Crippen molar-refractivity contribution < 1.29 is 9.53 Å². The van der Waals surface area contributed by atoms with E-state index in [1.165, 1.54) is 22.0 Å². The summed E-state index contributed by atoms with van der Waals surface area (Å²) in [6, 6.07) is 23.3. The smallest absolute Gasteiger partial charge is 0.238 e. The molecule has 0 saturated carbocycles. The molecule has 1 N–H and O–H groups in total. The van der Waals surface area contributed by atoms with Crippen LogP contribution in [0.4, 0.5) is 11.4 Å². The summed E-state index contributed by atoms with van der Waals surface area (Å²) in [5.74, 6) is 0.0524. The lowest BCUT2D eigenvalue weighted by Gasteiger charge is -2.34. The highest BCUT2D eigenvalue weighted by Gasteiger charge is 2.20. The molecule has 0 aliphatic carbocycles. The zero-order valence-electron chi connectivity index (χ0n) is 19.1. The standard InChI is InChI=1S/C27H32N4O2/c32-27(28-24-8-10-25(11-9-24)31-16-18-33-19-17-31)21-30-14-12-29(13-15-30)20-23-6-3-5-22-4-1-2-7-26(22)23/h1-11H,12-21H2,(H,28,32). The minimum Gasteiger partial charge on any atom is -0.378 e. The van der Waals surface area contributed by atoms with Gasteiger partial charge in [-0.05, 0) is 40.6 Å². The van der Waals surface area contributed by atoms with E-state index in [9.17, 15) is 4.79 Å². The zero-order valence-corrected chi connectivity index (χ0v) is 19.1. The fourth-order valence-electron chi connectivity index (χ4n) is 4.76. The van der Waals surface area contributed by atoms with Gasteiger partial charge in [-0.25, -0.2) is 0 Å². The van der Waals surface area contributed by atoms with E-state index in [2.05, 4.69) is 74.6 Å². The quantitative estimate of drug-likeness (QED) is 0.631. The first-order chi connectivity index (χ1) is 16.2. The molecule has 2 heterocycles. The Morgan fingerprint density at radius 2 is 1.48 bits per heavy atom. The molecule has 0 bridgehead atoms. The minimum atomic E-state index is 0.0524. The molecule has 5 rings (SSSR count). The zero-order chi connectivity index (χ0) is 22.5. The number of fused-ring (bicyclic) bond motifs is 1. The van der Waals surface area contributed by atoms with Crippen molar-refractivity contribution in [1.29, 1.82) is 0 Å². The Kier molecular flexibility index (Phi) is 6.86. The van der Waals surface area contributed by atoms with E-state index in [0.717, 1.165) is 64.7 Å². The number of hydrogen-bond donors (Lipinski definition) is 1. The van der Waals surface area contributed by atoms with Crippen LogP contribution < -0.4 is 10.2 Å². The lowest BCUT2D eigenvalue weighted by Crippen LogP contribution is -2.48. The maximum Gasteiger partial charge on any atom is 0.238 e. The summed E-state index contributed by atoms with van der Waals surface area (Å²) in [4.78, 5) is 19.6. The number of morpholine rings is 1. The third kappa shape index (κ3) is 5.53. The number of nitrogens with zero attached hydrogens (tertiary/aromatic N) is 3.